The Morgan fingerprint density at radius 1 is 1.40 bits per heavy atom. The van der Waals surface area contributed by atoms with Gasteiger partial charge < -0.3 is 0 Å². The standard InChI is InChI=1S/C10H16/c1-7-8(2)10-6-4-3-5-9(7)10/h5,7-8,10H,3-4,6H2,1-2H3. The Labute approximate surface area is 63.3 Å². The highest BCUT2D eigenvalue weighted by Gasteiger charge is 2.39. The average Bonchev–Trinajstić information content (AvgIpc) is 2.03. The van der Waals surface area contributed by atoms with Crippen LogP contribution >= 0.6 is 0 Å². The summed E-state index contributed by atoms with van der Waals surface area (Å²) >= 11 is 0. The van der Waals surface area contributed by atoms with Gasteiger partial charge in [0.25, 0.3) is 0 Å². The molecule has 0 nitrogen and oxygen atoms in total. The zero-order valence-electron chi connectivity index (χ0n) is 6.93. The summed E-state index contributed by atoms with van der Waals surface area (Å²) in [6, 6.07) is 0. The first-order valence-electron chi connectivity index (χ1n) is 4.50. The molecule has 56 valence electrons. The van der Waals surface area contributed by atoms with Gasteiger partial charge in [-0.1, -0.05) is 25.5 Å². The molecule has 0 heteroatoms. The van der Waals surface area contributed by atoms with Crippen LogP contribution in [-0.4, -0.2) is 0 Å². The smallest absolute Gasteiger partial charge is 0.0169 e. The van der Waals surface area contributed by atoms with Gasteiger partial charge in [0, 0.05) is 0 Å². The van der Waals surface area contributed by atoms with Crippen LogP contribution in [0.3, 0.4) is 0 Å². The van der Waals surface area contributed by atoms with Crippen LogP contribution in [0.5, 0.6) is 0 Å². The number of fused-ring (bicyclic) bond motifs is 1. The van der Waals surface area contributed by atoms with Crippen LogP contribution in [-0.2, 0) is 0 Å². The van der Waals surface area contributed by atoms with E-state index in [1.165, 1.54) is 19.3 Å². The molecular weight excluding hydrogens is 120 g/mol. The van der Waals surface area contributed by atoms with Crippen LogP contribution in [0.15, 0.2) is 11.6 Å². The van der Waals surface area contributed by atoms with E-state index in [0.717, 1.165) is 17.8 Å². The first-order valence-corrected chi connectivity index (χ1v) is 4.50. The summed E-state index contributed by atoms with van der Waals surface area (Å²) in [6.07, 6.45) is 6.74. The van der Waals surface area contributed by atoms with Crippen molar-refractivity contribution in [2.75, 3.05) is 0 Å². The molecule has 0 N–H and O–H groups in total. The average molecular weight is 136 g/mol. The van der Waals surface area contributed by atoms with Crippen molar-refractivity contribution in [2.45, 2.75) is 33.1 Å². The quantitative estimate of drug-likeness (QED) is 0.449. The largest absolute Gasteiger partial charge is 0.0848 e. The first-order chi connectivity index (χ1) is 4.80. The minimum atomic E-state index is 0.908. The minimum absolute atomic E-state index is 0.908. The Kier molecular flexibility index (Phi) is 1.36. The maximum Gasteiger partial charge on any atom is -0.0169 e. The van der Waals surface area contributed by atoms with Crippen molar-refractivity contribution >= 4 is 0 Å². The second-order valence-corrected chi connectivity index (χ2v) is 3.89. The fourth-order valence-corrected chi connectivity index (χ4v) is 2.55. The molecular formula is C10H16. The number of hydrogen-bond acceptors (Lipinski definition) is 0. The first kappa shape index (κ1) is 6.45. The zero-order chi connectivity index (χ0) is 7.14. The summed E-state index contributed by atoms with van der Waals surface area (Å²) in [5.41, 5.74) is 1.78. The molecule has 0 aromatic heterocycles. The summed E-state index contributed by atoms with van der Waals surface area (Å²) in [5.74, 6) is 2.88. The molecule has 0 spiro atoms. The molecule has 0 bridgehead atoms. The van der Waals surface area contributed by atoms with E-state index in [1.807, 2.05) is 0 Å². The molecule has 1 saturated carbocycles. The van der Waals surface area contributed by atoms with Gasteiger partial charge in [0.1, 0.15) is 0 Å². The SMILES string of the molecule is CC1C2=CCCCC2C1C. The number of rotatable bonds is 0. The lowest BCUT2D eigenvalue weighted by Gasteiger charge is -2.46. The Hall–Kier alpha value is -0.260. The number of allylic oxidation sites excluding steroid dienone is 2. The second-order valence-electron chi connectivity index (χ2n) is 3.89. The van der Waals surface area contributed by atoms with Crippen molar-refractivity contribution in [3.05, 3.63) is 11.6 Å². The van der Waals surface area contributed by atoms with Crippen LogP contribution in [0, 0.1) is 17.8 Å². The van der Waals surface area contributed by atoms with E-state index < -0.39 is 0 Å². The van der Waals surface area contributed by atoms with Gasteiger partial charge in [-0.3, -0.25) is 0 Å². The molecule has 0 aromatic carbocycles. The highest BCUT2D eigenvalue weighted by atomic mass is 14.4. The molecule has 2 rings (SSSR count). The molecule has 2 aliphatic carbocycles. The lowest BCUT2D eigenvalue weighted by molar-refractivity contribution is 0.182. The van der Waals surface area contributed by atoms with Crippen LogP contribution in [0.25, 0.3) is 0 Å². The van der Waals surface area contributed by atoms with Crippen molar-refractivity contribution < 1.29 is 0 Å². The van der Waals surface area contributed by atoms with E-state index >= 15 is 0 Å². The van der Waals surface area contributed by atoms with Gasteiger partial charge in [-0.25, -0.2) is 0 Å². The maximum atomic E-state index is 2.48. The topological polar surface area (TPSA) is 0 Å². The van der Waals surface area contributed by atoms with E-state index in [0.29, 0.717) is 0 Å². The summed E-state index contributed by atoms with van der Waals surface area (Å²) in [4.78, 5) is 0. The highest BCUT2D eigenvalue weighted by Crippen LogP contribution is 2.49. The molecule has 0 aliphatic heterocycles. The van der Waals surface area contributed by atoms with Crippen LogP contribution < -0.4 is 0 Å². The van der Waals surface area contributed by atoms with Gasteiger partial charge in [0.05, 0.1) is 0 Å². The zero-order valence-corrected chi connectivity index (χ0v) is 6.93. The second kappa shape index (κ2) is 2.11. The van der Waals surface area contributed by atoms with Crippen molar-refractivity contribution in [2.24, 2.45) is 17.8 Å². The van der Waals surface area contributed by atoms with Crippen molar-refractivity contribution in [3.63, 3.8) is 0 Å². The van der Waals surface area contributed by atoms with Gasteiger partial charge in [0.2, 0.25) is 0 Å². The van der Waals surface area contributed by atoms with E-state index in [2.05, 4.69) is 19.9 Å². The van der Waals surface area contributed by atoms with E-state index in [1.54, 1.807) is 5.57 Å². The van der Waals surface area contributed by atoms with Gasteiger partial charge >= 0.3 is 0 Å². The molecule has 3 atom stereocenters. The summed E-state index contributed by atoms with van der Waals surface area (Å²) < 4.78 is 0. The Morgan fingerprint density at radius 2 is 2.20 bits per heavy atom. The normalized spacial score (nSPS) is 45.4. The molecule has 0 saturated heterocycles. The van der Waals surface area contributed by atoms with Crippen molar-refractivity contribution in [3.8, 4) is 0 Å². The van der Waals surface area contributed by atoms with Crippen molar-refractivity contribution in [1.82, 2.24) is 0 Å². The molecule has 0 radical (unpaired) electrons. The molecule has 0 heterocycles. The fraction of sp³-hybridized carbons (Fsp3) is 0.800. The third kappa shape index (κ3) is 0.680. The van der Waals surface area contributed by atoms with Gasteiger partial charge in [0.15, 0.2) is 0 Å². The number of hydrogen-bond donors (Lipinski definition) is 0. The van der Waals surface area contributed by atoms with Crippen molar-refractivity contribution in [1.29, 1.82) is 0 Å². The Morgan fingerprint density at radius 3 is 2.90 bits per heavy atom. The predicted molar refractivity (Wildman–Crippen MR) is 43.8 cm³/mol. The predicted octanol–water partition coefficient (Wildman–Crippen LogP) is 3.00. The Bertz CT molecular complexity index is 167. The molecule has 0 amide bonds. The lowest BCUT2D eigenvalue weighted by Crippen LogP contribution is -2.37. The maximum absolute atomic E-state index is 2.48. The molecule has 1 fully saturated rings. The van der Waals surface area contributed by atoms with Crippen LogP contribution in [0.2, 0.25) is 0 Å². The minimum Gasteiger partial charge on any atom is -0.0848 e. The van der Waals surface area contributed by atoms with Gasteiger partial charge in [-0.05, 0) is 37.0 Å². The van der Waals surface area contributed by atoms with E-state index in [4.69, 9.17) is 0 Å². The van der Waals surface area contributed by atoms with Crippen LogP contribution in [0.1, 0.15) is 33.1 Å². The lowest BCUT2D eigenvalue weighted by atomic mass is 9.59. The molecule has 2 aliphatic rings. The third-order valence-corrected chi connectivity index (χ3v) is 3.48. The molecule has 0 aromatic rings. The van der Waals surface area contributed by atoms with Crippen LogP contribution in [0.4, 0.5) is 0 Å². The molecule has 10 heavy (non-hydrogen) atoms. The monoisotopic (exact) mass is 136 g/mol. The summed E-state index contributed by atoms with van der Waals surface area (Å²) in [7, 11) is 0. The summed E-state index contributed by atoms with van der Waals surface area (Å²) in [5, 5.41) is 0. The third-order valence-electron chi connectivity index (χ3n) is 3.48. The Balaban J connectivity index is 2.16. The van der Waals surface area contributed by atoms with Gasteiger partial charge in [-0.15, -0.1) is 0 Å². The van der Waals surface area contributed by atoms with Gasteiger partial charge in [-0.2, -0.15) is 0 Å². The fourth-order valence-electron chi connectivity index (χ4n) is 2.55. The van der Waals surface area contributed by atoms with E-state index in [-0.39, 0.29) is 0 Å². The van der Waals surface area contributed by atoms with E-state index in [9.17, 15) is 0 Å². The molecule has 3 unspecified atom stereocenters. The summed E-state index contributed by atoms with van der Waals surface area (Å²) in [6.45, 7) is 4.77. The highest BCUT2D eigenvalue weighted by molar-refractivity contribution is 5.23.